The van der Waals surface area contributed by atoms with Crippen LogP contribution in [0.2, 0.25) is 0 Å². The molecule has 0 aromatic carbocycles. The van der Waals surface area contributed by atoms with Gasteiger partial charge >= 0.3 is 0 Å². The van der Waals surface area contributed by atoms with Crippen LogP contribution in [0.15, 0.2) is 6.33 Å². The SMILES string of the molecule is CCCNc1ncnc(N2CCCC(C)C2C)c1CC. The summed E-state index contributed by atoms with van der Waals surface area (Å²) in [7, 11) is 0. The molecule has 0 aliphatic carbocycles. The second-order valence-corrected chi connectivity index (χ2v) is 5.86. The molecule has 1 saturated heterocycles. The van der Waals surface area contributed by atoms with Gasteiger partial charge in [0, 0.05) is 24.7 Å². The van der Waals surface area contributed by atoms with Gasteiger partial charge in [-0.05, 0) is 38.5 Å². The molecule has 2 heterocycles. The summed E-state index contributed by atoms with van der Waals surface area (Å²) in [6.07, 6.45) is 6.37. The fourth-order valence-electron chi connectivity index (χ4n) is 3.01. The maximum Gasteiger partial charge on any atom is 0.137 e. The molecule has 1 aliphatic rings. The molecule has 0 amide bonds. The fraction of sp³-hybridized carbons (Fsp3) is 0.750. The molecule has 1 fully saturated rings. The largest absolute Gasteiger partial charge is 0.370 e. The Hall–Kier alpha value is -1.32. The number of nitrogens with one attached hydrogen (secondary N) is 1. The van der Waals surface area contributed by atoms with Gasteiger partial charge in [0.15, 0.2) is 0 Å². The molecular weight excluding hydrogens is 248 g/mol. The van der Waals surface area contributed by atoms with Crippen LogP contribution in [0.25, 0.3) is 0 Å². The Morgan fingerprint density at radius 2 is 2.10 bits per heavy atom. The lowest BCUT2D eigenvalue weighted by atomic mass is 9.91. The molecule has 2 rings (SSSR count). The van der Waals surface area contributed by atoms with Gasteiger partial charge in [-0.3, -0.25) is 0 Å². The zero-order valence-electron chi connectivity index (χ0n) is 13.3. The van der Waals surface area contributed by atoms with E-state index < -0.39 is 0 Å². The van der Waals surface area contributed by atoms with Crippen LogP contribution in [0.5, 0.6) is 0 Å². The van der Waals surface area contributed by atoms with Gasteiger partial charge in [0.1, 0.15) is 18.0 Å². The molecule has 1 aromatic rings. The number of rotatable bonds is 5. The van der Waals surface area contributed by atoms with E-state index in [1.54, 1.807) is 6.33 Å². The van der Waals surface area contributed by atoms with Crippen molar-refractivity contribution in [2.24, 2.45) is 5.92 Å². The number of anilines is 2. The van der Waals surface area contributed by atoms with Crippen LogP contribution in [0.1, 0.15) is 52.5 Å². The third kappa shape index (κ3) is 3.05. The lowest BCUT2D eigenvalue weighted by Gasteiger charge is -2.39. The Balaban J connectivity index is 2.30. The highest BCUT2D eigenvalue weighted by Gasteiger charge is 2.27. The Morgan fingerprint density at radius 3 is 2.80 bits per heavy atom. The fourth-order valence-corrected chi connectivity index (χ4v) is 3.01. The predicted molar refractivity (Wildman–Crippen MR) is 85.4 cm³/mol. The van der Waals surface area contributed by atoms with Gasteiger partial charge in [-0.15, -0.1) is 0 Å². The van der Waals surface area contributed by atoms with Crippen LogP contribution in [0.4, 0.5) is 11.6 Å². The summed E-state index contributed by atoms with van der Waals surface area (Å²) in [6.45, 7) is 11.1. The maximum atomic E-state index is 4.60. The molecule has 2 unspecified atom stereocenters. The summed E-state index contributed by atoms with van der Waals surface area (Å²) in [5.74, 6) is 2.89. The van der Waals surface area contributed by atoms with Crippen LogP contribution in [-0.2, 0) is 6.42 Å². The van der Waals surface area contributed by atoms with Crippen molar-refractivity contribution in [1.29, 1.82) is 0 Å². The summed E-state index contributed by atoms with van der Waals surface area (Å²) >= 11 is 0. The summed E-state index contributed by atoms with van der Waals surface area (Å²) in [5, 5.41) is 3.44. The number of piperidine rings is 1. The van der Waals surface area contributed by atoms with E-state index in [9.17, 15) is 0 Å². The standard InChI is InChI=1S/C16H28N4/c1-5-9-17-15-14(6-2)16(19-11-18-15)20-10-7-8-12(3)13(20)4/h11-13H,5-10H2,1-4H3,(H,17,18,19). The minimum atomic E-state index is 0.558. The average Bonchev–Trinajstić information content (AvgIpc) is 2.47. The van der Waals surface area contributed by atoms with Crippen molar-refractivity contribution in [3.05, 3.63) is 11.9 Å². The zero-order valence-corrected chi connectivity index (χ0v) is 13.3. The summed E-state index contributed by atoms with van der Waals surface area (Å²) in [6, 6.07) is 0.558. The first-order valence-corrected chi connectivity index (χ1v) is 8.03. The van der Waals surface area contributed by atoms with Crippen LogP contribution in [0, 0.1) is 5.92 Å². The van der Waals surface area contributed by atoms with Crippen LogP contribution in [0.3, 0.4) is 0 Å². The number of nitrogens with zero attached hydrogens (tertiary/aromatic N) is 3. The summed E-state index contributed by atoms with van der Waals surface area (Å²) in [4.78, 5) is 11.5. The molecule has 0 spiro atoms. The van der Waals surface area contributed by atoms with E-state index in [0.717, 1.165) is 43.5 Å². The Bertz CT molecular complexity index is 432. The molecule has 112 valence electrons. The highest BCUT2D eigenvalue weighted by atomic mass is 15.2. The van der Waals surface area contributed by atoms with E-state index in [-0.39, 0.29) is 0 Å². The molecule has 4 heteroatoms. The quantitative estimate of drug-likeness (QED) is 0.894. The highest BCUT2D eigenvalue weighted by Crippen LogP contribution is 2.31. The van der Waals surface area contributed by atoms with E-state index in [0.29, 0.717) is 6.04 Å². The Labute approximate surface area is 123 Å². The van der Waals surface area contributed by atoms with Crippen molar-refractivity contribution in [2.45, 2.75) is 59.4 Å². The predicted octanol–water partition coefficient (Wildman–Crippen LogP) is 3.49. The molecule has 0 bridgehead atoms. The molecule has 20 heavy (non-hydrogen) atoms. The van der Waals surface area contributed by atoms with Gasteiger partial charge in [0.05, 0.1) is 0 Å². The normalized spacial score (nSPS) is 22.9. The van der Waals surface area contributed by atoms with E-state index >= 15 is 0 Å². The maximum absolute atomic E-state index is 4.60. The summed E-state index contributed by atoms with van der Waals surface area (Å²) in [5.41, 5.74) is 1.27. The van der Waals surface area contributed by atoms with Crippen LogP contribution in [-0.4, -0.2) is 29.1 Å². The summed E-state index contributed by atoms with van der Waals surface area (Å²) < 4.78 is 0. The van der Waals surface area contributed by atoms with Crippen LogP contribution < -0.4 is 10.2 Å². The number of hydrogen-bond acceptors (Lipinski definition) is 4. The van der Waals surface area contributed by atoms with Gasteiger partial charge < -0.3 is 10.2 Å². The first-order chi connectivity index (χ1) is 9.69. The topological polar surface area (TPSA) is 41.1 Å². The van der Waals surface area contributed by atoms with Gasteiger partial charge in [-0.1, -0.05) is 20.8 Å². The van der Waals surface area contributed by atoms with Crippen LogP contribution >= 0.6 is 0 Å². The minimum Gasteiger partial charge on any atom is -0.370 e. The molecular formula is C16H28N4. The smallest absolute Gasteiger partial charge is 0.137 e. The third-order valence-electron chi connectivity index (χ3n) is 4.46. The molecule has 0 radical (unpaired) electrons. The molecule has 1 aliphatic heterocycles. The van der Waals surface area contributed by atoms with E-state index in [4.69, 9.17) is 0 Å². The van der Waals surface area contributed by atoms with Gasteiger partial charge in [-0.2, -0.15) is 0 Å². The number of hydrogen-bond donors (Lipinski definition) is 1. The van der Waals surface area contributed by atoms with Gasteiger partial charge in [0.2, 0.25) is 0 Å². The van der Waals surface area contributed by atoms with Crippen molar-refractivity contribution in [3.63, 3.8) is 0 Å². The molecule has 1 N–H and O–H groups in total. The molecule has 2 atom stereocenters. The number of aromatic nitrogens is 2. The third-order valence-corrected chi connectivity index (χ3v) is 4.46. The Kier molecular flexibility index (Phi) is 5.21. The van der Waals surface area contributed by atoms with E-state index in [1.165, 1.54) is 18.4 Å². The van der Waals surface area contributed by atoms with Crippen molar-refractivity contribution < 1.29 is 0 Å². The first kappa shape index (κ1) is 15.1. The van der Waals surface area contributed by atoms with Gasteiger partial charge in [0.25, 0.3) is 0 Å². The first-order valence-electron chi connectivity index (χ1n) is 8.03. The van der Waals surface area contributed by atoms with Crippen molar-refractivity contribution >= 4 is 11.6 Å². The second kappa shape index (κ2) is 6.91. The van der Waals surface area contributed by atoms with Crippen molar-refractivity contribution in [2.75, 3.05) is 23.3 Å². The van der Waals surface area contributed by atoms with E-state index in [1.807, 2.05) is 0 Å². The lowest BCUT2D eigenvalue weighted by Crippen LogP contribution is -2.43. The van der Waals surface area contributed by atoms with Gasteiger partial charge in [-0.25, -0.2) is 9.97 Å². The van der Waals surface area contributed by atoms with Crippen molar-refractivity contribution in [1.82, 2.24) is 9.97 Å². The Morgan fingerprint density at radius 1 is 1.30 bits per heavy atom. The minimum absolute atomic E-state index is 0.558. The molecule has 1 aromatic heterocycles. The second-order valence-electron chi connectivity index (χ2n) is 5.86. The zero-order chi connectivity index (χ0) is 14.5. The monoisotopic (exact) mass is 276 g/mol. The molecule has 4 nitrogen and oxygen atoms in total. The highest BCUT2D eigenvalue weighted by molar-refractivity contribution is 5.59. The van der Waals surface area contributed by atoms with E-state index in [2.05, 4.69) is 47.9 Å². The van der Waals surface area contributed by atoms with Crippen molar-refractivity contribution in [3.8, 4) is 0 Å². The lowest BCUT2D eigenvalue weighted by molar-refractivity contribution is 0.361. The molecule has 0 saturated carbocycles. The average molecular weight is 276 g/mol.